The van der Waals surface area contributed by atoms with Gasteiger partial charge in [0.2, 0.25) is 0 Å². The van der Waals surface area contributed by atoms with Crippen molar-refractivity contribution in [3.05, 3.63) is 29.8 Å². The number of carbonyl (C=O) groups is 1. The van der Waals surface area contributed by atoms with Crippen molar-refractivity contribution in [1.29, 1.82) is 0 Å². The van der Waals surface area contributed by atoms with E-state index < -0.39 is 5.97 Å². The highest BCUT2D eigenvalue weighted by Gasteiger charge is 2.13. The summed E-state index contributed by atoms with van der Waals surface area (Å²) in [6, 6.07) is 5.78. The van der Waals surface area contributed by atoms with Crippen LogP contribution in [0.15, 0.2) is 24.3 Å². The van der Waals surface area contributed by atoms with Gasteiger partial charge in [0.1, 0.15) is 5.56 Å². The van der Waals surface area contributed by atoms with Gasteiger partial charge in [-0.3, -0.25) is 4.89 Å². The van der Waals surface area contributed by atoms with Gasteiger partial charge in [0, 0.05) is 0 Å². The van der Waals surface area contributed by atoms with Crippen molar-refractivity contribution >= 4 is 5.97 Å². The normalized spacial score (nSPS) is 9.17. The summed E-state index contributed by atoms with van der Waals surface area (Å²) in [6.07, 6.45) is 0. The van der Waals surface area contributed by atoms with Crippen molar-refractivity contribution in [2.75, 3.05) is 0 Å². The molecular weight excluding hydrogens is 164 g/mol. The number of benzene rings is 1. The molecule has 0 unspecified atom stereocenters. The van der Waals surface area contributed by atoms with Crippen LogP contribution < -0.4 is 4.89 Å². The minimum atomic E-state index is -0.986. The van der Waals surface area contributed by atoms with Gasteiger partial charge in [0.05, 0.1) is 0 Å². The lowest BCUT2D eigenvalue weighted by Gasteiger charge is -2.01. The molecule has 0 atom stereocenters. The molecule has 0 aliphatic heterocycles. The predicted octanol–water partition coefficient (Wildman–Crippen LogP) is 1.17. The zero-order valence-corrected chi connectivity index (χ0v) is 5.93. The summed E-state index contributed by atoms with van der Waals surface area (Å²) in [7, 11) is 0. The van der Waals surface area contributed by atoms with E-state index in [4.69, 9.17) is 10.5 Å². The lowest BCUT2D eigenvalue weighted by molar-refractivity contribution is -0.184. The molecule has 1 aromatic rings. The third-order valence-corrected chi connectivity index (χ3v) is 1.29. The van der Waals surface area contributed by atoms with Gasteiger partial charge in [-0.15, -0.1) is 0 Å². The van der Waals surface area contributed by atoms with E-state index in [1.54, 1.807) is 6.07 Å². The lowest BCUT2D eigenvalue weighted by Crippen LogP contribution is -2.03. The third-order valence-electron chi connectivity index (χ3n) is 1.29. The molecule has 0 bridgehead atoms. The molecule has 2 N–H and O–H groups in total. The first kappa shape index (κ1) is 8.51. The molecule has 64 valence electrons. The Hall–Kier alpha value is -1.59. The molecule has 0 spiro atoms. The number of hydrogen-bond acceptors (Lipinski definition) is 5. The molecule has 0 amide bonds. The lowest BCUT2D eigenvalue weighted by atomic mass is 10.2. The fourth-order valence-corrected chi connectivity index (χ4v) is 0.764. The van der Waals surface area contributed by atoms with Crippen LogP contribution in [-0.2, 0) is 4.89 Å². The smallest absolute Gasteiger partial charge is 0.339 e. The molecule has 1 rings (SSSR count). The Labute approximate surface area is 67.6 Å². The average molecular weight is 170 g/mol. The van der Waals surface area contributed by atoms with E-state index in [2.05, 4.69) is 9.78 Å². The highest BCUT2D eigenvalue weighted by atomic mass is 17.1. The average Bonchev–Trinajstić information content (AvgIpc) is 2.16. The summed E-state index contributed by atoms with van der Waals surface area (Å²) >= 11 is 0. The van der Waals surface area contributed by atoms with Gasteiger partial charge in [0.15, 0.2) is 5.75 Å². The molecule has 0 aromatic heterocycles. The summed E-state index contributed by atoms with van der Waals surface area (Å²) < 4.78 is 0. The Morgan fingerprint density at radius 3 is 2.50 bits per heavy atom. The summed E-state index contributed by atoms with van der Waals surface area (Å²) in [5.41, 5.74) is -0.0532. The van der Waals surface area contributed by atoms with E-state index in [0.717, 1.165) is 0 Å². The second-order valence-electron chi connectivity index (χ2n) is 1.97. The molecule has 0 saturated heterocycles. The number of carbonyl (C=O) groups excluding carboxylic acids is 1. The maximum Gasteiger partial charge on any atom is 0.376 e. The van der Waals surface area contributed by atoms with Crippen LogP contribution in [0.25, 0.3) is 0 Å². The second-order valence-corrected chi connectivity index (χ2v) is 1.97. The molecule has 0 aliphatic rings. The highest BCUT2D eigenvalue weighted by Crippen LogP contribution is 2.17. The largest absolute Gasteiger partial charge is 0.376 e. The molecule has 5 nitrogen and oxygen atoms in total. The van der Waals surface area contributed by atoms with E-state index in [9.17, 15) is 4.79 Å². The quantitative estimate of drug-likeness (QED) is 0.514. The van der Waals surface area contributed by atoms with Crippen molar-refractivity contribution in [3.8, 4) is 5.75 Å². The first-order valence-electron chi connectivity index (χ1n) is 3.05. The van der Waals surface area contributed by atoms with E-state index in [0.29, 0.717) is 0 Å². The van der Waals surface area contributed by atoms with Gasteiger partial charge in [-0.1, -0.05) is 12.1 Å². The Bertz CT molecular complexity index is 283. The molecule has 0 aliphatic carbocycles. The monoisotopic (exact) mass is 170 g/mol. The summed E-state index contributed by atoms with van der Waals surface area (Å²) in [5, 5.41) is 16.3. The molecule has 12 heavy (non-hydrogen) atoms. The molecule has 0 fully saturated rings. The molecule has 5 heteroatoms. The van der Waals surface area contributed by atoms with Gasteiger partial charge in [-0.2, -0.15) is 5.26 Å². The minimum Gasteiger partial charge on any atom is -0.339 e. The molecule has 1 aromatic carbocycles. The van der Waals surface area contributed by atoms with Gasteiger partial charge >= 0.3 is 5.97 Å². The topological polar surface area (TPSA) is 76.0 Å². The van der Waals surface area contributed by atoms with Crippen molar-refractivity contribution in [2.45, 2.75) is 0 Å². The van der Waals surface area contributed by atoms with Crippen molar-refractivity contribution < 1.29 is 25.1 Å². The fraction of sp³-hybridized carbons (Fsp3) is 0. The SMILES string of the molecule is O=C(OO)c1ccccc1OO. The molecular formula is C7H6O5. The maximum atomic E-state index is 10.7. The predicted molar refractivity (Wildman–Crippen MR) is 37.7 cm³/mol. The third kappa shape index (κ3) is 1.52. The van der Waals surface area contributed by atoms with Crippen LogP contribution in [0.4, 0.5) is 0 Å². The zero-order valence-electron chi connectivity index (χ0n) is 5.93. The zero-order chi connectivity index (χ0) is 8.97. The number of rotatable bonds is 2. The maximum absolute atomic E-state index is 10.7. The van der Waals surface area contributed by atoms with Crippen molar-refractivity contribution in [2.24, 2.45) is 0 Å². The Morgan fingerprint density at radius 1 is 1.25 bits per heavy atom. The van der Waals surface area contributed by atoms with Crippen LogP contribution in [0.2, 0.25) is 0 Å². The van der Waals surface area contributed by atoms with Gasteiger partial charge in [-0.25, -0.2) is 10.1 Å². The Morgan fingerprint density at radius 2 is 1.92 bits per heavy atom. The van der Waals surface area contributed by atoms with Crippen molar-refractivity contribution in [3.63, 3.8) is 0 Å². The fourth-order valence-electron chi connectivity index (χ4n) is 0.764. The Kier molecular flexibility index (Phi) is 2.62. The van der Waals surface area contributed by atoms with Gasteiger partial charge in [-0.05, 0) is 12.1 Å². The molecule has 0 heterocycles. The minimum absolute atomic E-state index is 0.0532. The number of hydrogen-bond donors (Lipinski definition) is 2. The number of para-hydroxylation sites is 1. The molecule has 0 radical (unpaired) electrons. The highest BCUT2D eigenvalue weighted by molar-refractivity contribution is 5.91. The standard InChI is InChI=1S/C7H6O5/c8-7(12-10)5-3-1-2-4-6(5)11-9/h1-4,9-10H. The van der Waals surface area contributed by atoms with Crippen LogP contribution in [-0.4, -0.2) is 16.5 Å². The van der Waals surface area contributed by atoms with Crippen molar-refractivity contribution in [1.82, 2.24) is 0 Å². The van der Waals surface area contributed by atoms with E-state index in [-0.39, 0.29) is 11.3 Å². The first-order chi connectivity index (χ1) is 5.79. The van der Waals surface area contributed by atoms with Crippen LogP contribution in [0.5, 0.6) is 5.75 Å². The van der Waals surface area contributed by atoms with E-state index in [1.165, 1.54) is 18.2 Å². The first-order valence-corrected chi connectivity index (χ1v) is 3.05. The summed E-state index contributed by atoms with van der Waals surface area (Å²) in [4.78, 5) is 18.0. The Balaban J connectivity index is 3.04. The van der Waals surface area contributed by atoms with Crippen LogP contribution in [0, 0.1) is 0 Å². The van der Waals surface area contributed by atoms with E-state index >= 15 is 0 Å². The van der Waals surface area contributed by atoms with Gasteiger partial charge in [0.25, 0.3) is 0 Å². The summed E-state index contributed by atoms with van der Waals surface area (Å²) in [5.74, 6) is -1.06. The summed E-state index contributed by atoms with van der Waals surface area (Å²) in [6.45, 7) is 0. The van der Waals surface area contributed by atoms with Gasteiger partial charge < -0.3 is 4.89 Å². The van der Waals surface area contributed by atoms with Crippen LogP contribution in [0.3, 0.4) is 0 Å². The second kappa shape index (κ2) is 3.70. The molecule has 0 saturated carbocycles. The van der Waals surface area contributed by atoms with Crippen LogP contribution >= 0.6 is 0 Å². The van der Waals surface area contributed by atoms with E-state index in [1.807, 2.05) is 0 Å². The van der Waals surface area contributed by atoms with Crippen LogP contribution in [0.1, 0.15) is 10.4 Å².